The van der Waals surface area contributed by atoms with Gasteiger partial charge in [-0.05, 0) is 55.8 Å². The van der Waals surface area contributed by atoms with Crippen LogP contribution in [0.25, 0.3) is 0 Å². The zero-order valence-corrected chi connectivity index (χ0v) is 11.6. The molecule has 1 fully saturated rings. The van der Waals surface area contributed by atoms with Crippen LogP contribution in [-0.4, -0.2) is 30.4 Å². The molecule has 0 aliphatic carbocycles. The summed E-state index contributed by atoms with van der Waals surface area (Å²) in [6.45, 7) is 5.14. The van der Waals surface area contributed by atoms with E-state index < -0.39 is 0 Å². The Hall–Kier alpha value is -0.870. The van der Waals surface area contributed by atoms with Gasteiger partial charge < -0.3 is 10.2 Å². The quantitative estimate of drug-likeness (QED) is 0.888. The highest BCUT2D eigenvalue weighted by molar-refractivity contribution is 7.10. The van der Waals surface area contributed by atoms with Crippen molar-refractivity contribution in [3.8, 4) is 0 Å². The fourth-order valence-corrected chi connectivity index (χ4v) is 4.07. The van der Waals surface area contributed by atoms with Gasteiger partial charge in [-0.25, -0.2) is 0 Å². The molecule has 98 valence electrons. The first-order valence-electron chi connectivity index (χ1n) is 6.82. The average molecular weight is 264 g/mol. The second-order valence-electron chi connectivity index (χ2n) is 5.38. The molecule has 1 N–H and O–H groups in total. The minimum atomic E-state index is 0.266. The predicted molar refractivity (Wildman–Crippen MR) is 73.7 cm³/mol. The second kappa shape index (κ2) is 5.02. The Labute approximate surface area is 112 Å². The summed E-state index contributed by atoms with van der Waals surface area (Å²) in [5, 5.41) is 5.48. The molecule has 0 bridgehead atoms. The molecule has 0 saturated carbocycles. The summed E-state index contributed by atoms with van der Waals surface area (Å²) < 4.78 is 0. The smallest absolute Gasteiger partial charge is 0.223 e. The maximum absolute atomic E-state index is 12.4. The van der Waals surface area contributed by atoms with Crippen LogP contribution in [0.5, 0.6) is 0 Å². The molecule has 3 heterocycles. The van der Waals surface area contributed by atoms with Crippen molar-refractivity contribution in [1.29, 1.82) is 0 Å². The number of amides is 1. The number of thiophene rings is 1. The van der Waals surface area contributed by atoms with Crippen LogP contribution in [0.1, 0.15) is 36.2 Å². The molecule has 1 aromatic rings. The predicted octanol–water partition coefficient (Wildman–Crippen LogP) is 2.19. The van der Waals surface area contributed by atoms with E-state index in [2.05, 4.69) is 28.6 Å². The molecule has 0 spiro atoms. The highest BCUT2D eigenvalue weighted by atomic mass is 32.1. The van der Waals surface area contributed by atoms with Gasteiger partial charge in [0.25, 0.3) is 0 Å². The number of carbonyl (C=O) groups excluding carboxylic acids is 1. The van der Waals surface area contributed by atoms with Crippen LogP contribution in [0.4, 0.5) is 0 Å². The third-order valence-electron chi connectivity index (χ3n) is 4.22. The number of nitrogens with one attached hydrogen (secondary N) is 1. The summed E-state index contributed by atoms with van der Waals surface area (Å²) in [6, 6.07) is 2.45. The molecule has 18 heavy (non-hydrogen) atoms. The van der Waals surface area contributed by atoms with Crippen LogP contribution in [0.2, 0.25) is 0 Å². The SMILES string of the molecule is CC1c2ccsc2CCN1C(=O)CC1CCNC1. The standard InChI is InChI=1S/C14H20N2OS/c1-10-12-4-7-18-13(12)3-6-16(10)14(17)8-11-2-5-15-9-11/h4,7,10-11,15H,2-3,5-6,8-9H2,1H3. The molecule has 0 aromatic carbocycles. The van der Waals surface area contributed by atoms with Gasteiger partial charge in [0, 0.05) is 17.8 Å². The van der Waals surface area contributed by atoms with Gasteiger partial charge in [-0.3, -0.25) is 4.79 Å². The van der Waals surface area contributed by atoms with E-state index in [1.165, 1.54) is 10.4 Å². The summed E-state index contributed by atoms with van der Waals surface area (Å²) >= 11 is 1.83. The molecule has 3 nitrogen and oxygen atoms in total. The molecular formula is C14H20N2OS. The van der Waals surface area contributed by atoms with Crippen LogP contribution in [-0.2, 0) is 11.2 Å². The molecule has 2 unspecified atom stereocenters. The first kappa shape index (κ1) is 12.2. The number of fused-ring (bicyclic) bond motifs is 1. The first-order chi connectivity index (χ1) is 8.75. The zero-order chi connectivity index (χ0) is 12.5. The van der Waals surface area contributed by atoms with Gasteiger partial charge in [0.05, 0.1) is 6.04 Å². The van der Waals surface area contributed by atoms with Crippen molar-refractivity contribution >= 4 is 17.2 Å². The molecule has 4 heteroatoms. The number of hydrogen-bond donors (Lipinski definition) is 1. The van der Waals surface area contributed by atoms with Crippen molar-refractivity contribution in [1.82, 2.24) is 10.2 Å². The van der Waals surface area contributed by atoms with Crippen LogP contribution in [0.3, 0.4) is 0 Å². The monoisotopic (exact) mass is 264 g/mol. The maximum atomic E-state index is 12.4. The lowest BCUT2D eigenvalue weighted by Gasteiger charge is -2.34. The zero-order valence-electron chi connectivity index (χ0n) is 10.8. The average Bonchev–Trinajstić information content (AvgIpc) is 2.99. The van der Waals surface area contributed by atoms with Crippen LogP contribution < -0.4 is 5.32 Å². The minimum absolute atomic E-state index is 0.266. The topological polar surface area (TPSA) is 32.3 Å². The largest absolute Gasteiger partial charge is 0.336 e. The lowest BCUT2D eigenvalue weighted by atomic mass is 9.98. The summed E-state index contributed by atoms with van der Waals surface area (Å²) in [4.78, 5) is 15.9. The van der Waals surface area contributed by atoms with Crippen LogP contribution in [0, 0.1) is 5.92 Å². The van der Waals surface area contributed by atoms with Crippen molar-refractivity contribution in [2.75, 3.05) is 19.6 Å². The molecule has 0 radical (unpaired) electrons. The molecule has 2 aliphatic rings. The molecular weight excluding hydrogens is 244 g/mol. The summed E-state index contributed by atoms with van der Waals surface area (Å²) in [7, 11) is 0. The van der Waals surface area contributed by atoms with Gasteiger partial charge in [0.1, 0.15) is 0 Å². The fraction of sp³-hybridized carbons (Fsp3) is 0.643. The molecule has 2 atom stereocenters. The van der Waals surface area contributed by atoms with Gasteiger partial charge in [-0.15, -0.1) is 11.3 Å². The molecule has 2 aliphatic heterocycles. The third-order valence-corrected chi connectivity index (χ3v) is 5.22. The number of carbonyl (C=O) groups is 1. The molecule has 3 rings (SSSR count). The Balaban J connectivity index is 1.68. The third kappa shape index (κ3) is 2.19. The fourth-order valence-electron chi connectivity index (χ4n) is 3.10. The van der Waals surface area contributed by atoms with E-state index in [0.717, 1.165) is 38.9 Å². The maximum Gasteiger partial charge on any atom is 0.223 e. The van der Waals surface area contributed by atoms with Crippen molar-refractivity contribution in [3.63, 3.8) is 0 Å². The van der Waals surface area contributed by atoms with Crippen LogP contribution >= 0.6 is 11.3 Å². The van der Waals surface area contributed by atoms with E-state index >= 15 is 0 Å². The molecule has 1 amide bonds. The Morgan fingerprint density at radius 1 is 1.61 bits per heavy atom. The Morgan fingerprint density at radius 2 is 2.50 bits per heavy atom. The van der Waals surface area contributed by atoms with Crippen molar-refractivity contribution in [2.24, 2.45) is 5.92 Å². The van der Waals surface area contributed by atoms with E-state index in [4.69, 9.17) is 0 Å². The van der Waals surface area contributed by atoms with Gasteiger partial charge in [-0.1, -0.05) is 0 Å². The highest BCUT2D eigenvalue weighted by Gasteiger charge is 2.29. The summed E-state index contributed by atoms with van der Waals surface area (Å²) in [6.07, 6.45) is 2.90. The van der Waals surface area contributed by atoms with Gasteiger partial charge in [0.2, 0.25) is 5.91 Å². The Morgan fingerprint density at radius 3 is 3.28 bits per heavy atom. The van der Waals surface area contributed by atoms with E-state index in [1.54, 1.807) is 0 Å². The van der Waals surface area contributed by atoms with E-state index in [9.17, 15) is 4.79 Å². The van der Waals surface area contributed by atoms with E-state index in [0.29, 0.717) is 11.8 Å². The van der Waals surface area contributed by atoms with E-state index in [-0.39, 0.29) is 6.04 Å². The van der Waals surface area contributed by atoms with Gasteiger partial charge in [0.15, 0.2) is 0 Å². The van der Waals surface area contributed by atoms with Crippen molar-refractivity contribution in [2.45, 2.75) is 32.2 Å². The van der Waals surface area contributed by atoms with E-state index in [1.807, 2.05) is 11.3 Å². The normalized spacial score (nSPS) is 27.3. The molecule has 1 saturated heterocycles. The number of hydrogen-bond acceptors (Lipinski definition) is 3. The lowest BCUT2D eigenvalue weighted by molar-refractivity contribution is -0.134. The highest BCUT2D eigenvalue weighted by Crippen LogP contribution is 2.33. The Kier molecular flexibility index (Phi) is 3.39. The summed E-state index contributed by atoms with van der Waals surface area (Å²) in [5.41, 5.74) is 1.36. The lowest BCUT2D eigenvalue weighted by Crippen LogP contribution is -2.39. The van der Waals surface area contributed by atoms with Crippen molar-refractivity contribution in [3.05, 3.63) is 21.9 Å². The summed E-state index contributed by atoms with van der Waals surface area (Å²) in [5.74, 6) is 0.890. The number of rotatable bonds is 2. The van der Waals surface area contributed by atoms with Gasteiger partial charge >= 0.3 is 0 Å². The van der Waals surface area contributed by atoms with Crippen LogP contribution in [0.15, 0.2) is 11.4 Å². The Bertz CT molecular complexity index is 437. The van der Waals surface area contributed by atoms with Gasteiger partial charge in [-0.2, -0.15) is 0 Å². The minimum Gasteiger partial charge on any atom is -0.336 e. The molecule has 1 aromatic heterocycles. The van der Waals surface area contributed by atoms with Crippen molar-refractivity contribution < 1.29 is 4.79 Å². The second-order valence-corrected chi connectivity index (χ2v) is 6.38. The first-order valence-corrected chi connectivity index (χ1v) is 7.70. The number of nitrogens with zero attached hydrogens (tertiary/aromatic N) is 1.